The molecule has 1 saturated heterocycles. The van der Waals surface area contributed by atoms with Gasteiger partial charge < -0.3 is 15.4 Å². The first-order valence-electron chi connectivity index (χ1n) is 6.52. The van der Waals surface area contributed by atoms with E-state index in [1.807, 2.05) is 18.2 Å². The Hall–Kier alpha value is -0.930. The van der Waals surface area contributed by atoms with Gasteiger partial charge in [0.2, 0.25) is 0 Å². The van der Waals surface area contributed by atoms with Gasteiger partial charge in [-0.25, -0.2) is 0 Å². The van der Waals surface area contributed by atoms with Crippen LogP contribution in [0.15, 0.2) is 18.2 Å². The van der Waals surface area contributed by atoms with Crippen molar-refractivity contribution in [3.63, 3.8) is 0 Å². The number of ether oxygens (including phenoxy) is 1. The van der Waals surface area contributed by atoms with Gasteiger partial charge in [-0.2, -0.15) is 0 Å². The van der Waals surface area contributed by atoms with E-state index in [2.05, 4.69) is 17.6 Å². The lowest BCUT2D eigenvalue weighted by Crippen LogP contribution is -2.36. The molecule has 100 valence electrons. The van der Waals surface area contributed by atoms with E-state index in [4.69, 9.17) is 16.3 Å². The van der Waals surface area contributed by atoms with Crippen LogP contribution in [0.3, 0.4) is 0 Å². The molecular formula is C14H21ClN2O. The van der Waals surface area contributed by atoms with Gasteiger partial charge in [0.25, 0.3) is 0 Å². The van der Waals surface area contributed by atoms with E-state index in [0.717, 1.165) is 24.5 Å². The molecule has 18 heavy (non-hydrogen) atoms. The third-order valence-corrected chi connectivity index (χ3v) is 3.94. The van der Waals surface area contributed by atoms with E-state index in [1.165, 1.54) is 12.8 Å². The number of benzene rings is 1. The van der Waals surface area contributed by atoms with Crippen molar-refractivity contribution in [2.75, 3.05) is 25.5 Å². The molecule has 0 bridgehead atoms. The van der Waals surface area contributed by atoms with E-state index in [-0.39, 0.29) is 0 Å². The number of methoxy groups -OCH3 is 1. The molecule has 3 nitrogen and oxygen atoms in total. The Labute approximate surface area is 114 Å². The Balaban J connectivity index is 2.06. The van der Waals surface area contributed by atoms with Crippen LogP contribution in [-0.2, 0) is 0 Å². The van der Waals surface area contributed by atoms with Crippen molar-refractivity contribution >= 4 is 17.3 Å². The molecular weight excluding hydrogens is 248 g/mol. The second-order valence-corrected chi connectivity index (χ2v) is 5.25. The summed E-state index contributed by atoms with van der Waals surface area (Å²) >= 11 is 6.12. The highest BCUT2D eigenvalue weighted by atomic mass is 35.5. The van der Waals surface area contributed by atoms with Crippen LogP contribution in [0, 0.1) is 5.92 Å². The quantitative estimate of drug-likeness (QED) is 0.880. The van der Waals surface area contributed by atoms with Gasteiger partial charge in [-0.3, -0.25) is 0 Å². The van der Waals surface area contributed by atoms with Gasteiger partial charge in [0.15, 0.2) is 5.75 Å². The van der Waals surface area contributed by atoms with E-state index >= 15 is 0 Å². The van der Waals surface area contributed by atoms with Crippen molar-refractivity contribution in [2.45, 2.75) is 25.8 Å². The minimum atomic E-state index is 0.430. The lowest BCUT2D eigenvalue weighted by atomic mass is 9.91. The van der Waals surface area contributed by atoms with Crippen LogP contribution in [0.5, 0.6) is 5.75 Å². The van der Waals surface area contributed by atoms with Crippen LogP contribution in [0.1, 0.15) is 19.8 Å². The highest BCUT2D eigenvalue weighted by Gasteiger charge is 2.20. The van der Waals surface area contributed by atoms with Crippen molar-refractivity contribution < 1.29 is 4.74 Å². The average Bonchev–Trinajstić information content (AvgIpc) is 2.40. The Morgan fingerprint density at radius 3 is 2.78 bits per heavy atom. The van der Waals surface area contributed by atoms with Gasteiger partial charge >= 0.3 is 0 Å². The first-order valence-corrected chi connectivity index (χ1v) is 6.90. The van der Waals surface area contributed by atoms with Gasteiger partial charge in [-0.05, 0) is 50.9 Å². The normalized spacial score (nSPS) is 18.4. The van der Waals surface area contributed by atoms with Crippen LogP contribution < -0.4 is 15.4 Å². The van der Waals surface area contributed by atoms with Crippen LogP contribution in [0.25, 0.3) is 0 Å². The predicted molar refractivity (Wildman–Crippen MR) is 76.7 cm³/mol. The summed E-state index contributed by atoms with van der Waals surface area (Å²) < 4.78 is 5.36. The number of para-hydroxylation sites is 1. The first-order chi connectivity index (χ1) is 8.72. The molecule has 2 rings (SSSR count). The Morgan fingerprint density at radius 2 is 2.11 bits per heavy atom. The largest absolute Gasteiger partial charge is 0.493 e. The summed E-state index contributed by atoms with van der Waals surface area (Å²) in [4.78, 5) is 0. The van der Waals surface area contributed by atoms with Gasteiger partial charge in [0.1, 0.15) is 0 Å². The lowest BCUT2D eigenvalue weighted by molar-refractivity contribution is 0.342. The zero-order chi connectivity index (χ0) is 13.0. The fourth-order valence-corrected chi connectivity index (χ4v) is 2.79. The average molecular weight is 269 g/mol. The zero-order valence-corrected chi connectivity index (χ0v) is 11.8. The Bertz CT molecular complexity index is 391. The first kappa shape index (κ1) is 13.5. The van der Waals surface area contributed by atoms with E-state index < -0.39 is 0 Å². The van der Waals surface area contributed by atoms with Crippen molar-refractivity contribution in [3.8, 4) is 5.75 Å². The van der Waals surface area contributed by atoms with Crippen molar-refractivity contribution in [1.29, 1.82) is 0 Å². The topological polar surface area (TPSA) is 33.3 Å². The summed E-state index contributed by atoms with van der Waals surface area (Å²) in [6, 6.07) is 6.24. The number of hydrogen-bond donors (Lipinski definition) is 2. The number of nitrogens with one attached hydrogen (secondary N) is 2. The molecule has 1 aromatic rings. The number of hydrogen-bond acceptors (Lipinski definition) is 3. The summed E-state index contributed by atoms with van der Waals surface area (Å²) in [6.45, 7) is 4.46. The van der Waals surface area contributed by atoms with Crippen LogP contribution in [0.4, 0.5) is 5.69 Å². The summed E-state index contributed by atoms with van der Waals surface area (Å²) in [5.41, 5.74) is 0.982. The zero-order valence-electron chi connectivity index (χ0n) is 11.0. The molecule has 1 unspecified atom stereocenters. The molecule has 0 amide bonds. The van der Waals surface area contributed by atoms with Gasteiger partial charge in [-0.15, -0.1) is 0 Å². The fourth-order valence-electron chi connectivity index (χ4n) is 2.54. The minimum absolute atomic E-state index is 0.430. The predicted octanol–water partition coefficient (Wildman–Crippen LogP) is 3.15. The molecule has 1 aliphatic rings. The molecule has 1 heterocycles. The molecule has 4 heteroatoms. The van der Waals surface area contributed by atoms with Gasteiger partial charge in [0.05, 0.1) is 17.8 Å². The smallest absolute Gasteiger partial charge is 0.160 e. The lowest BCUT2D eigenvalue weighted by Gasteiger charge is -2.30. The van der Waals surface area contributed by atoms with Crippen molar-refractivity contribution in [2.24, 2.45) is 5.92 Å². The van der Waals surface area contributed by atoms with E-state index in [9.17, 15) is 0 Å². The van der Waals surface area contributed by atoms with Crippen molar-refractivity contribution in [3.05, 3.63) is 23.2 Å². The molecule has 0 aromatic heterocycles. The van der Waals surface area contributed by atoms with Crippen LogP contribution >= 0.6 is 11.6 Å². The van der Waals surface area contributed by atoms with Crippen molar-refractivity contribution in [1.82, 2.24) is 5.32 Å². The maximum atomic E-state index is 6.12. The maximum absolute atomic E-state index is 6.12. The third-order valence-electron chi connectivity index (χ3n) is 3.65. The third kappa shape index (κ3) is 3.09. The number of piperidine rings is 1. The molecule has 1 fully saturated rings. The minimum Gasteiger partial charge on any atom is -0.493 e. The van der Waals surface area contributed by atoms with Crippen LogP contribution in [0.2, 0.25) is 5.02 Å². The van der Waals surface area contributed by atoms with Gasteiger partial charge in [0, 0.05) is 6.04 Å². The highest BCUT2D eigenvalue weighted by molar-refractivity contribution is 6.32. The highest BCUT2D eigenvalue weighted by Crippen LogP contribution is 2.33. The fraction of sp³-hybridized carbons (Fsp3) is 0.571. The number of anilines is 1. The number of rotatable bonds is 4. The second kappa shape index (κ2) is 6.30. The molecule has 0 spiro atoms. The molecule has 1 atom stereocenters. The Kier molecular flexibility index (Phi) is 4.72. The second-order valence-electron chi connectivity index (χ2n) is 4.84. The van der Waals surface area contributed by atoms with Gasteiger partial charge in [-0.1, -0.05) is 17.7 Å². The van der Waals surface area contributed by atoms with E-state index in [0.29, 0.717) is 17.0 Å². The standard InChI is InChI=1S/C14H21ClN2O/c1-10(11-6-8-16-9-7-11)17-13-5-3-4-12(15)14(13)18-2/h3-5,10-11,16-17H,6-9H2,1-2H3. The molecule has 0 saturated carbocycles. The molecule has 0 radical (unpaired) electrons. The van der Waals surface area contributed by atoms with E-state index in [1.54, 1.807) is 7.11 Å². The summed E-state index contributed by atoms with van der Waals surface area (Å²) in [6.07, 6.45) is 2.44. The summed E-state index contributed by atoms with van der Waals surface area (Å²) in [5, 5.41) is 7.58. The maximum Gasteiger partial charge on any atom is 0.160 e. The van der Waals surface area contributed by atoms with Crippen LogP contribution in [-0.4, -0.2) is 26.2 Å². The Morgan fingerprint density at radius 1 is 1.39 bits per heavy atom. The molecule has 0 aliphatic carbocycles. The molecule has 2 N–H and O–H groups in total. The number of halogens is 1. The summed E-state index contributed by atoms with van der Waals surface area (Å²) in [5.74, 6) is 1.44. The molecule has 1 aromatic carbocycles. The SMILES string of the molecule is COc1c(Cl)cccc1NC(C)C1CCNCC1. The monoisotopic (exact) mass is 268 g/mol. The summed E-state index contributed by atoms with van der Waals surface area (Å²) in [7, 11) is 1.65. The molecule has 1 aliphatic heterocycles.